The molecule has 0 fully saturated rings. The highest BCUT2D eigenvalue weighted by molar-refractivity contribution is 5.63. The maximum Gasteiger partial charge on any atom is 0.300 e. The van der Waals surface area contributed by atoms with Crippen LogP contribution >= 0.6 is 0 Å². The van der Waals surface area contributed by atoms with Crippen LogP contribution in [0.1, 0.15) is 27.2 Å². The van der Waals surface area contributed by atoms with Gasteiger partial charge >= 0.3 is 0 Å². The highest BCUT2D eigenvalue weighted by Gasteiger charge is 1.87. The highest BCUT2D eigenvalue weighted by Crippen LogP contribution is 1.68. The number of carboxylic acid groups (broad SMARTS) is 2. The molecule has 0 aromatic heterocycles. The molecule has 0 aromatic carbocycles. The second-order valence-electron chi connectivity index (χ2n) is 3.89. The first kappa shape index (κ1) is 27.8. The monoisotopic (exact) mass is 308 g/mol. The Morgan fingerprint density at radius 3 is 1.67 bits per heavy atom. The lowest BCUT2D eigenvalue weighted by Crippen LogP contribution is -2.30. The fourth-order valence-corrected chi connectivity index (χ4v) is 0.531. The predicted molar refractivity (Wildman–Crippen MR) is 86.1 cm³/mol. The molecule has 0 aliphatic rings. The van der Waals surface area contributed by atoms with E-state index in [-0.39, 0.29) is 6.04 Å². The summed E-state index contributed by atoms with van der Waals surface area (Å²) < 4.78 is 0. The molecule has 0 heterocycles. The molecule has 21 heavy (non-hydrogen) atoms. The summed E-state index contributed by atoms with van der Waals surface area (Å²) >= 11 is 0. The molecule has 9 N–H and O–H groups in total. The zero-order valence-electron chi connectivity index (χ0n) is 13.3. The SMILES string of the molecule is C=CCNCC(C)N.CC(=O)O.CC(=O)O.NCCCN. The summed E-state index contributed by atoms with van der Waals surface area (Å²) in [5, 5.41) is 17.9. The summed E-state index contributed by atoms with van der Waals surface area (Å²) in [6.45, 7) is 10.8. The lowest BCUT2D eigenvalue weighted by atomic mass is 10.4. The molecule has 0 spiro atoms. The van der Waals surface area contributed by atoms with Gasteiger partial charge in [0, 0.05) is 33.0 Å². The largest absolute Gasteiger partial charge is 0.481 e. The van der Waals surface area contributed by atoms with E-state index in [1.54, 1.807) is 0 Å². The van der Waals surface area contributed by atoms with Crippen molar-refractivity contribution < 1.29 is 19.8 Å². The maximum atomic E-state index is 9.00. The van der Waals surface area contributed by atoms with Crippen LogP contribution in [0.3, 0.4) is 0 Å². The predicted octanol–water partition coefficient (Wildman–Crippen LogP) is -0.415. The van der Waals surface area contributed by atoms with Gasteiger partial charge in [0.25, 0.3) is 11.9 Å². The Hall–Kier alpha value is -1.48. The fraction of sp³-hybridized carbons (Fsp3) is 0.692. The van der Waals surface area contributed by atoms with Crippen LogP contribution < -0.4 is 22.5 Å². The molecule has 128 valence electrons. The molecule has 1 atom stereocenters. The number of hydrogen-bond donors (Lipinski definition) is 6. The molecule has 0 rings (SSSR count). The zero-order chi connectivity index (χ0) is 17.7. The van der Waals surface area contributed by atoms with E-state index in [2.05, 4.69) is 11.9 Å². The molecule has 0 radical (unpaired) electrons. The van der Waals surface area contributed by atoms with Crippen LogP contribution in [0.15, 0.2) is 12.7 Å². The lowest BCUT2D eigenvalue weighted by molar-refractivity contribution is -0.135. The van der Waals surface area contributed by atoms with Crippen molar-refractivity contribution in [1.29, 1.82) is 0 Å². The molecular formula is C13H32N4O4. The Morgan fingerprint density at radius 2 is 1.52 bits per heavy atom. The van der Waals surface area contributed by atoms with E-state index in [0.29, 0.717) is 0 Å². The van der Waals surface area contributed by atoms with Crippen molar-refractivity contribution in [2.24, 2.45) is 17.2 Å². The third-order valence-electron chi connectivity index (χ3n) is 1.16. The standard InChI is InChI=1S/C6H14N2.C3H10N2.2C2H4O2/c1-3-4-8-5-6(2)7;4-2-1-3-5;2*1-2(3)4/h3,6,8H,1,4-5,7H2,2H3;1-5H2;2*1H3,(H,3,4). The second kappa shape index (κ2) is 27.0. The van der Waals surface area contributed by atoms with Gasteiger partial charge in [-0.1, -0.05) is 6.08 Å². The van der Waals surface area contributed by atoms with E-state index >= 15 is 0 Å². The number of carboxylic acids is 2. The molecule has 0 aromatic rings. The topological polar surface area (TPSA) is 165 Å². The molecule has 1 unspecified atom stereocenters. The van der Waals surface area contributed by atoms with Gasteiger partial charge in [0.05, 0.1) is 0 Å². The summed E-state index contributed by atoms with van der Waals surface area (Å²) in [4.78, 5) is 18.0. The Bertz CT molecular complexity index is 214. The van der Waals surface area contributed by atoms with E-state index in [9.17, 15) is 0 Å². The van der Waals surface area contributed by atoms with Gasteiger partial charge in [0.15, 0.2) is 0 Å². The Kier molecular flexibility index (Phi) is 35.7. The summed E-state index contributed by atoms with van der Waals surface area (Å²) in [7, 11) is 0. The lowest BCUT2D eigenvalue weighted by Gasteiger charge is -2.02. The fourth-order valence-electron chi connectivity index (χ4n) is 0.531. The number of carbonyl (C=O) groups is 2. The van der Waals surface area contributed by atoms with Gasteiger partial charge in [-0.2, -0.15) is 0 Å². The number of rotatable bonds is 6. The molecule has 0 amide bonds. The number of nitrogens with one attached hydrogen (secondary N) is 1. The average molecular weight is 308 g/mol. The maximum absolute atomic E-state index is 9.00. The highest BCUT2D eigenvalue weighted by atomic mass is 16.4. The van der Waals surface area contributed by atoms with Crippen LogP contribution in [0.25, 0.3) is 0 Å². The van der Waals surface area contributed by atoms with Gasteiger partial charge in [0.1, 0.15) is 0 Å². The van der Waals surface area contributed by atoms with Crippen molar-refractivity contribution >= 4 is 11.9 Å². The van der Waals surface area contributed by atoms with E-state index in [1.807, 2.05) is 13.0 Å². The van der Waals surface area contributed by atoms with Crippen LogP contribution in [0.5, 0.6) is 0 Å². The van der Waals surface area contributed by atoms with Crippen molar-refractivity contribution in [3.05, 3.63) is 12.7 Å². The molecule has 0 saturated carbocycles. The van der Waals surface area contributed by atoms with Crippen LogP contribution in [0.2, 0.25) is 0 Å². The molecule has 0 aliphatic carbocycles. The van der Waals surface area contributed by atoms with Gasteiger partial charge in [-0.05, 0) is 26.4 Å². The van der Waals surface area contributed by atoms with Crippen molar-refractivity contribution in [3.8, 4) is 0 Å². The van der Waals surface area contributed by atoms with Crippen molar-refractivity contribution in [2.45, 2.75) is 33.2 Å². The Balaban J connectivity index is -0.0000000970. The van der Waals surface area contributed by atoms with Gasteiger partial charge in [0.2, 0.25) is 0 Å². The van der Waals surface area contributed by atoms with Gasteiger partial charge in [-0.25, -0.2) is 0 Å². The Labute approximate surface area is 127 Å². The van der Waals surface area contributed by atoms with Crippen molar-refractivity contribution in [2.75, 3.05) is 26.2 Å². The normalized spacial score (nSPS) is 9.43. The minimum Gasteiger partial charge on any atom is -0.481 e. The van der Waals surface area contributed by atoms with E-state index in [1.165, 1.54) is 0 Å². The molecule has 0 aliphatic heterocycles. The third-order valence-corrected chi connectivity index (χ3v) is 1.16. The zero-order valence-corrected chi connectivity index (χ0v) is 13.3. The summed E-state index contributed by atoms with van der Waals surface area (Å²) in [6.07, 6.45) is 2.77. The summed E-state index contributed by atoms with van der Waals surface area (Å²) in [6, 6.07) is 0.245. The van der Waals surface area contributed by atoms with Crippen LogP contribution in [0.4, 0.5) is 0 Å². The molecule has 0 saturated heterocycles. The van der Waals surface area contributed by atoms with E-state index < -0.39 is 11.9 Å². The summed E-state index contributed by atoms with van der Waals surface area (Å²) in [5.74, 6) is -1.67. The summed E-state index contributed by atoms with van der Waals surface area (Å²) in [5.41, 5.74) is 15.6. The minimum atomic E-state index is -0.833. The molecular weight excluding hydrogens is 276 g/mol. The molecule has 8 nitrogen and oxygen atoms in total. The smallest absolute Gasteiger partial charge is 0.300 e. The number of hydrogen-bond acceptors (Lipinski definition) is 6. The molecule has 8 heteroatoms. The first-order valence-electron chi connectivity index (χ1n) is 6.51. The van der Waals surface area contributed by atoms with Crippen LogP contribution in [-0.2, 0) is 9.59 Å². The first-order valence-corrected chi connectivity index (χ1v) is 6.51. The van der Waals surface area contributed by atoms with E-state index in [0.717, 1.165) is 46.4 Å². The average Bonchev–Trinajstić information content (AvgIpc) is 2.29. The number of aliphatic carboxylic acids is 2. The molecule has 0 bridgehead atoms. The minimum absolute atomic E-state index is 0.245. The quantitative estimate of drug-likeness (QED) is 0.284. The van der Waals surface area contributed by atoms with E-state index in [4.69, 9.17) is 37.0 Å². The van der Waals surface area contributed by atoms with Gasteiger partial charge in [-0.3, -0.25) is 9.59 Å². The Morgan fingerprint density at radius 1 is 1.19 bits per heavy atom. The third kappa shape index (κ3) is 166. The van der Waals surface area contributed by atoms with Crippen molar-refractivity contribution in [1.82, 2.24) is 5.32 Å². The number of nitrogens with two attached hydrogens (primary N) is 3. The van der Waals surface area contributed by atoms with Crippen LogP contribution in [0, 0.1) is 0 Å². The van der Waals surface area contributed by atoms with Crippen molar-refractivity contribution in [3.63, 3.8) is 0 Å². The van der Waals surface area contributed by atoms with Gasteiger partial charge < -0.3 is 32.7 Å². The first-order chi connectivity index (χ1) is 9.65. The van der Waals surface area contributed by atoms with Gasteiger partial charge in [-0.15, -0.1) is 6.58 Å². The second-order valence-corrected chi connectivity index (χ2v) is 3.89. The van der Waals surface area contributed by atoms with Crippen LogP contribution in [-0.4, -0.2) is 54.4 Å².